The molecule has 2 heterocycles. The summed E-state index contributed by atoms with van der Waals surface area (Å²) in [7, 11) is -2.23. The van der Waals surface area contributed by atoms with Crippen LogP contribution in [-0.4, -0.2) is 58.6 Å². The smallest absolute Gasteiger partial charge is 0.262 e. The molecular formula is C20H22N2O5S. The number of carbonyl (C=O) groups is 1. The van der Waals surface area contributed by atoms with Crippen molar-refractivity contribution < 1.29 is 22.7 Å². The lowest BCUT2D eigenvalue weighted by Gasteiger charge is -2.26. The van der Waals surface area contributed by atoms with Crippen molar-refractivity contribution in [1.82, 2.24) is 4.31 Å². The lowest BCUT2D eigenvalue weighted by molar-refractivity contribution is 0.0730. The van der Waals surface area contributed by atoms with E-state index in [1.54, 1.807) is 11.0 Å². The van der Waals surface area contributed by atoms with Crippen molar-refractivity contribution in [2.24, 2.45) is 0 Å². The Morgan fingerprint density at radius 1 is 1.07 bits per heavy atom. The van der Waals surface area contributed by atoms with Crippen molar-refractivity contribution in [1.29, 1.82) is 0 Å². The van der Waals surface area contributed by atoms with Crippen LogP contribution in [0.5, 0.6) is 5.75 Å². The van der Waals surface area contributed by atoms with Gasteiger partial charge in [0.15, 0.2) is 0 Å². The maximum absolute atomic E-state index is 13.3. The van der Waals surface area contributed by atoms with Gasteiger partial charge in [-0.3, -0.25) is 4.79 Å². The molecule has 2 aliphatic rings. The molecule has 1 fully saturated rings. The highest BCUT2D eigenvalue weighted by Crippen LogP contribution is 2.32. The Hall–Kier alpha value is -2.42. The van der Waals surface area contributed by atoms with Crippen LogP contribution in [0.4, 0.5) is 5.69 Å². The average molecular weight is 402 g/mol. The number of methoxy groups -OCH3 is 1. The standard InChI is InChI=1S/C20H22N2O5S/c1-26-19-7-6-16(28(24,25)21-10-12-27-13-11-21)14-17(19)20(23)22-9-8-15-4-2-3-5-18(15)22/h2-7,14H,8-13H2,1H3. The zero-order valence-corrected chi connectivity index (χ0v) is 16.4. The number of carbonyl (C=O) groups excluding carboxylic acids is 1. The Labute approximate surface area is 164 Å². The number of fused-ring (bicyclic) bond motifs is 1. The van der Waals surface area contributed by atoms with Crippen LogP contribution in [0.25, 0.3) is 0 Å². The van der Waals surface area contributed by atoms with Gasteiger partial charge in [-0.2, -0.15) is 4.31 Å². The van der Waals surface area contributed by atoms with Crippen LogP contribution in [0.15, 0.2) is 47.4 Å². The average Bonchev–Trinajstić information content (AvgIpc) is 3.17. The summed E-state index contributed by atoms with van der Waals surface area (Å²) >= 11 is 0. The third-order valence-corrected chi connectivity index (χ3v) is 7.04. The SMILES string of the molecule is COc1ccc(S(=O)(=O)N2CCOCC2)cc1C(=O)N1CCc2ccccc21. The van der Waals surface area contributed by atoms with Crippen LogP contribution in [0.3, 0.4) is 0 Å². The summed E-state index contributed by atoms with van der Waals surface area (Å²) in [6.45, 7) is 1.90. The number of benzene rings is 2. The van der Waals surface area contributed by atoms with Gasteiger partial charge in [0.25, 0.3) is 5.91 Å². The minimum absolute atomic E-state index is 0.0889. The van der Waals surface area contributed by atoms with Gasteiger partial charge >= 0.3 is 0 Å². The lowest BCUT2D eigenvalue weighted by atomic mass is 10.1. The van der Waals surface area contributed by atoms with Crippen molar-refractivity contribution in [3.05, 3.63) is 53.6 Å². The molecule has 8 heteroatoms. The van der Waals surface area contributed by atoms with Gasteiger partial charge in [-0.1, -0.05) is 18.2 Å². The molecule has 0 spiro atoms. The van der Waals surface area contributed by atoms with Crippen LogP contribution in [-0.2, 0) is 21.2 Å². The summed E-state index contributed by atoms with van der Waals surface area (Å²) in [6, 6.07) is 12.2. The number of sulfonamides is 1. The number of nitrogens with zero attached hydrogens (tertiary/aromatic N) is 2. The normalized spacial score (nSPS) is 17.4. The first-order chi connectivity index (χ1) is 13.5. The fourth-order valence-corrected chi connectivity index (χ4v) is 5.08. The van der Waals surface area contributed by atoms with E-state index in [1.165, 1.54) is 23.5 Å². The molecule has 0 unspecified atom stereocenters. The molecule has 0 aliphatic carbocycles. The molecule has 0 atom stereocenters. The Kier molecular flexibility index (Phi) is 5.09. The van der Waals surface area contributed by atoms with Crippen molar-refractivity contribution in [2.45, 2.75) is 11.3 Å². The largest absolute Gasteiger partial charge is 0.496 e. The predicted molar refractivity (Wildman–Crippen MR) is 104 cm³/mol. The van der Waals surface area contributed by atoms with E-state index in [4.69, 9.17) is 9.47 Å². The number of ether oxygens (including phenoxy) is 2. The number of morpholine rings is 1. The molecular weight excluding hydrogens is 380 g/mol. The molecule has 0 bridgehead atoms. The molecule has 4 rings (SSSR count). The Morgan fingerprint density at radius 3 is 2.57 bits per heavy atom. The number of anilines is 1. The van der Waals surface area contributed by atoms with Gasteiger partial charge in [-0.15, -0.1) is 0 Å². The first kappa shape index (κ1) is 18.9. The number of hydrogen-bond acceptors (Lipinski definition) is 5. The monoisotopic (exact) mass is 402 g/mol. The summed E-state index contributed by atoms with van der Waals surface area (Å²) in [5, 5.41) is 0. The maximum Gasteiger partial charge on any atom is 0.262 e. The second-order valence-electron chi connectivity index (χ2n) is 6.71. The van der Waals surface area contributed by atoms with E-state index in [1.807, 2.05) is 24.3 Å². The molecule has 0 N–H and O–H groups in total. The number of para-hydroxylation sites is 1. The minimum atomic E-state index is -3.70. The summed E-state index contributed by atoms with van der Waals surface area (Å²) < 4.78 is 38.0. The zero-order chi connectivity index (χ0) is 19.7. The van der Waals surface area contributed by atoms with Gasteiger partial charge in [-0.25, -0.2) is 8.42 Å². The van der Waals surface area contributed by atoms with Crippen molar-refractivity contribution >= 4 is 21.6 Å². The second kappa shape index (κ2) is 7.54. The number of rotatable bonds is 4. The topological polar surface area (TPSA) is 76.1 Å². The van der Waals surface area contributed by atoms with E-state index < -0.39 is 10.0 Å². The summed E-state index contributed by atoms with van der Waals surface area (Å²) in [5.41, 5.74) is 2.21. The maximum atomic E-state index is 13.3. The van der Waals surface area contributed by atoms with Gasteiger partial charge in [-0.05, 0) is 36.2 Å². The van der Waals surface area contributed by atoms with E-state index in [9.17, 15) is 13.2 Å². The molecule has 1 amide bonds. The fourth-order valence-electron chi connectivity index (χ4n) is 3.65. The Morgan fingerprint density at radius 2 is 1.82 bits per heavy atom. The van der Waals surface area contributed by atoms with Gasteiger partial charge in [0.1, 0.15) is 5.75 Å². The number of amides is 1. The predicted octanol–water partition coefficient (Wildman–Crippen LogP) is 1.92. The van der Waals surface area contributed by atoms with Gasteiger partial charge in [0, 0.05) is 25.3 Å². The highest BCUT2D eigenvalue weighted by Gasteiger charge is 2.31. The van der Waals surface area contributed by atoms with Gasteiger partial charge in [0.05, 0.1) is 30.8 Å². The lowest BCUT2D eigenvalue weighted by Crippen LogP contribution is -2.40. The molecule has 2 aliphatic heterocycles. The quantitative estimate of drug-likeness (QED) is 0.781. The summed E-state index contributed by atoms with van der Waals surface area (Å²) in [4.78, 5) is 15.0. The molecule has 1 saturated heterocycles. The van der Waals surface area contributed by atoms with Crippen LogP contribution in [0.1, 0.15) is 15.9 Å². The Bertz CT molecular complexity index is 999. The van der Waals surface area contributed by atoms with E-state index in [0.29, 0.717) is 38.6 Å². The molecule has 2 aromatic carbocycles. The van der Waals surface area contributed by atoms with Crippen LogP contribution >= 0.6 is 0 Å². The first-order valence-electron chi connectivity index (χ1n) is 9.18. The highest BCUT2D eigenvalue weighted by atomic mass is 32.2. The van der Waals surface area contributed by atoms with E-state index >= 15 is 0 Å². The van der Waals surface area contributed by atoms with Crippen LogP contribution in [0, 0.1) is 0 Å². The summed E-state index contributed by atoms with van der Waals surface area (Å²) in [6.07, 6.45) is 0.774. The van der Waals surface area contributed by atoms with E-state index in [0.717, 1.165) is 17.7 Å². The molecule has 0 saturated carbocycles. The van der Waals surface area contributed by atoms with Gasteiger partial charge in [0.2, 0.25) is 10.0 Å². The molecule has 7 nitrogen and oxygen atoms in total. The van der Waals surface area contributed by atoms with E-state index in [-0.39, 0.29) is 16.4 Å². The zero-order valence-electron chi connectivity index (χ0n) is 15.6. The first-order valence-corrected chi connectivity index (χ1v) is 10.6. The highest BCUT2D eigenvalue weighted by molar-refractivity contribution is 7.89. The van der Waals surface area contributed by atoms with Crippen molar-refractivity contribution in [2.75, 3.05) is 44.9 Å². The Balaban J connectivity index is 1.71. The minimum Gasteiger partial charge on any atom is -0.496 e. The molecule has 148 valence electrons. The molecule has 0 aromatic heterocycles. The van der Waals surface area contributed by atoms with E-state index in [2.05, 4.69) is 0 Å². The van der Waals surface area contributed by atoms with Crippen LogP contribution in [0.2, 0.25) is 0 Å². The molecule has 28 heavy (non-hydrogen) atoms. The van der Waals surface area contributed by atoms with Crippen LogP contribution < -0.4 is 9.64 Å². The molecule has 0 radical (unpaired) electrons. The third-order valence-electron chi connectivity index (χ3n) is 5.14. The molecule has 2 aromatic rings. The fraction of sp³-hybridized carbons (Fsp3) is 0.350. The van der Waals surface area contributed by atoms with Gasteiger partial charge < -0.3 is 14.4 Å². The van der Waals surface area contributed by atoms with Crippen molar-refractivity contribution in [3.8, 4) is 5.75 Å². The summed E-state index contributed by atoms with van der Waals surface area (Å²) in [5.74, 6) is 0.0936. The van der Waals surface area contributed by atoms with Crippen molar-refractivity contribution in [3.63, 3.8) is 0 Å². The number of hydrogen-bond donors (Lipinski definition) is 0. The third kappa shape index (κ3) is 3.28. The second-order valence-corrected chi connectivity index (χ2v) is 8.65.